The summed E-state index contributed by atoms with van der Waals surface area (Å²) in [7, 11) is 1.78. The Hall–Kier alpha value is -3.00. The Morgan fingerprint density at radius 3 is 2.63 bits per heavy atom. The van der Waals surface area contributed by atoms with E-state index in [2.05, 4.69) is 17.2 Å². The zero-order chi connectivity index (χ0) is 24.6. The lowest BCUT2D eigenvalue weighted by atomic mass is 9.86. The molecule has 1 aliphatic heterocycles. The van der Waals surface area contributed by atoms with Crippen LogP contribution in [0.4, 0.5) is 11.5 Å². The Balaban J connectivity index is 1.65. The SMILES string of the molecule is CCCCN/C=N/c1c(/C=N\C)c(-c2ccc(N3CCCC3=O)cc2)nn1CC1CCC(N)CC1. The fourth-order valence-electron chi connectivity index (χ4n) is 4.98. The molecule has 188 valence electrons. The van der Waals surface area contributed by atoms with Crippen LogP contribution in [0.15, 0.2) is 34.3 Å². The highest BCUT2D eigenvalue weighted by atomic mass is 16.2. The number of carbonyl (C=O) groups excluding carboxylic acids is 1. The number of hydrogen-bond acceptors (Lipinski definition) is 5. The van der Waals surface area contributed by atoms with Crippen molar-refractivity contribution in [2.24, 2.45) is 21.6 Å². The van der Waals surface area contributed by atoms with Crippen molar-refractivity contribution in [2.45, 2.75) is 70.9 Å². The van der Waals surface area contributed by atoms with E-state index < -0.39 is 0 Å². The van der Waals surface area contributed by atoms with E-state index in [1.54, 1.807) is 13.4 Å². The van der Waals surface area contributed by atoms with Gasteiger partial charge in [0.05, 0.1) is 11.9 Å². The highest BCUT2D eigenvalue weighted by Gasteiger charge is 2.24. The van der Waals surface area contributed by atoms with E-state index in [4.69, 9.17) is 15.8 Å². The second kappa shape index (κ2) is 12.1. The molecule has 2 aromatic rings. The first-order valence-electron chi connectivity index (χ1n) is 13.1. The maximum Gasteiger partial charge on any atom is 0.227 e. The van der Waals surface area contributed by atoms with Gasteiger partial charge in [-0.3, -0.25) is 9.79 Å². The first-order valence-corrected chi connectivity index (χ1v) is 13.1. The second-order valence-corrected chi connectivity index (χ2v) is 9.70. The zero-order valence-corrected chi connectivity index (χ0v) is 21.1. The van der Waals surface area contributed by atoms with E-state index >= 15 is 0 Å². The van der Waals surface area contributed by atoms with E-state index in [0.717, 1.165) is 92.9 Å². The zero-order valence-electron chi connectivity index (χ0n) is 21.1. The standard InChI is InChI=1S/C27H39N7O/c1-3-4-15-30-19-31-27-24(17-29-2)26(32-34(27)18-20-7-11-22(28)12-8-20)21-9-13-23(14-10-21)33-16-5-6-25(33)35/h9-10,13-14,17,19-20,22H,3-8,11-12,15-16,18,28H2,1-2H3,(H,30,31)/b29-17-. The van der Waals surface area contributed by atoms with Crippen LogP contribution in [0.5, 0.6) is 0 Å². The van der Waals surface area contributed by atoms with Crippen LogP contribution >= 0.6 is 0 Å². The number of nitrogens with zero attached hydrogens (tertiary/aromatic N) is 5. The molecule has 0 unspecified atom stereocenters. The van der Waals surface area contributed by atoms with E-state index in [0.29, 0.717) is 18.4 Å². The van der Waals surface area contributed by atoms with Crippen molar-refractivity contribution in [3.8, 4) is 11.3 Å². The molecule has 4 rings (SSSR count). The van der Waals surface area contributed by atoms with Crippen LogP contribution in [0.25, 0.3) is 11.3 Å². The molecule has 2 fully saturated rings. The van der Waals surface area contributed by atoms with Crippen molar-refractivity contribution >= 4 is 30.0 Å². The molecule has 3 N–H and O–H groups in total. The molecule has 1 saturated carbocycles. The Kier molecular flexibility index (Phi) is 8.69. The minimum absolute atomic E-state index is 0.195. The molecular weight excluding hydrogens is 438 g/mol. The van der Waals surface area contributed by atoms with Gasteiger partial charge in [0.15, 0.2) is 5.82 Å². The summed E-state index contributed by atoms with van der Waals surface area (Å²) in [5.74, 6) is 1.56. The van der Waals surface area contributed by atoms with Crippen molar-refractivity contribution < 1.29 is 4.79 Å². The number of carbonyl (C=O) groups is 1. The largest absolute Gasteiger partial charge is 0.376 e. The number of nitrogens with one attached hydrogen (secondary N) is 1. The summed E-state index contributed by atoms with van der Waals surface area (Å²) < 4.78 is 2.05. The summed E-state index contributed by atoms with van der Waals surface area (Å²) in [6, 6.07) is 8.45. The molecule has 35 heavy (non-hydrogen) atoms. The summed E-state index contributed by atoms with van der Waals surface area (Å²) >= 11 is 0. The van der Waals surface area contributed by atoms with Gasteiger partial charge in [-0.2, -0.15) is 5.10 Å². The lowest BCUT2D eigenvalue weighted by Crippen LogP contribution is -2.28. The Morgan fingerprint density at radius 1 is 1.20 bits per heavy atom. The number of aliphatic imine (C=N–C) groups is 2. The molecular formula is C27H39N7O. The molecule has 2 aliphatic rings. The highest BCUT2D eigenvalue weighted by Crippen LogP contribution is 2.33. The van der Waals surface area contributed by atoms with E-state index in [-0.39, 0.29) is 5.91 Å². The number of rotatable bonds is 10. The fourth-order valence-corrected chi connectivity index (χ4v) is 4.98. The van der Waals surface area contributed by atoms with E-state index in [1.807, 2.05) is 40.1 Å². The second-order valence-electron chi connectivity index (χ2n) is 9.70. The first kappa shape index (κ1) is 25.1. The quantitative estimate of drug-likeness (QED) is 0.303. The first-order chi connectivity index (χ1) is 17.1. The Bertz CT molecular complexity index is 1030. The van der Waals surface area contributed by atoms with Gasteiger partial charge in [0.25, 0.3) is 0 Å². The minimum Gasteiger partial charge on any atom is -0.376 e. The lowest BCUT2D eigenvalue weighted by molar-refractivity contribution is -0.117. The molecule has 8 heteroatoms. The Labute approximate surface area is 208 Å². The topological polar surface area (TPSA) is 101 Å². The maximum absolute atomic E-state index is 12.2. The van der Waals surface area contributed by atoms with Crippen LogP contribution in [0.2, 0.25) is 0 Å². The minimum atomic E-state index is 0.195. The molecule has 2 heterocycles. The van der Waals surface area contributed by atoms with Crippen molar-refractivity contribution in [3.05, 3.63) is 29.8 Å². The monoisotopic (exact) mass is 477 g/mol. The highest BCUT2D eigenvalue weighted by molar-refractivity contribution is 5.97. The van der Waals surface area contributed by atoms with Crippen molar-refractivity contribution in [2.75, 3.05) is 25.0 Å². The summed E-state index contributed by atoms with van der Waals surface area (Å²) in [6.07, 6.45) is 11.8. The smallest absolute Gasteiger partial charge is 0.227 e. The van der Waals surface area contributed by atoms with Crippen LogP contribution in [-0.4, -0.2) is 54.4 Å². The van der Waals surface area contributed by atoms with Gasteiger partial charge < -0.3 is 16.0 Å². The summed E-state index contributed by atoms with van der Waals surface area (Å²) in [4.78, 5) is 23.2. The maximum atomic E-state index is 12.2. The summed E-state index contributed by atoms with van der Waals surface area (Å²) in [5.41, 5.74) is 9.86. The number of aromatic nitrogens is 2. The predicted molar refractivity (Wildman–Crippen MR) is 144 cm³/mol. The Morgan fingerprint density at radius 2 is 1.97 bits per heavy atom. The number of hydrogen-bond donors (Lipinski definition) is 2. The van der Waals surface area contributed by atoms with Gasteiger partial charge >= 0.3 is 0 Å². The van der Waals surface area contributed by atoms with Crippen LogP contribution in [0, 0.1) is 5.92 Å². The van der Waals surface area contributed by atoms with Gasteiger partial charge in [0.1, 0.15) is 5.69 Å². The van der Waals surface area contributed by atoms with Crippen LogP contribution in [0.3, 0.4) is 0 Å². The number of anilines is 1. The van der Waals surface area contributed by atoms with Crippen LogP contribution in [-0.2, 0) is 11.3 Å². The third-order valence-electron chi connectivity index (χ3n) is 7.02. The van der Waals surface area contributed by atoms with Crippen LogP contribution in [0.1, 0.15) is 63.9 Å². The van der Waals surface area contributed by atoms with E-state index in [9.17, 15) is 4.79 Å². The van der Waals surface area contributed by atoms with Crippen molar-refractivity contribution in [3.63, 3.8) is 0 Å². The molecule has 1 saturated heterocycles. The molecule has 0 atom stereocenters. The van der Waals surface area contributed by atoms with E-state index in [1.165, 1.54) is 0 Å². The molecule has 1 aromatic carbocycles. The van der Waals surface area contributed by atoms with Gasteiger partial charge in [-0.05, 0) is 56.6 Å². The van der Waals surface area contributed by atoms with Gasteiger partial charge in [0, 0.05) is 56.6 Å². The van der Waals surface area contributed by atoms with Crippen LogP contribution < -0.4 is 16.0 Å². The number of unbranched alkanes of at least 4 members (excludes halogenated alkanes) is 1. The van der Waals surface area contributed by atoms with Gasteiger partial charge in [-0.25, -0.2) is 9.67 Å². The normalized spacial score (nSPS) is 21.0. The lowest BCUT2D eigenvalue weighted by Gasteiger charge is -2.26. The molecule has 0 bridgehead atoms. The van der Waals surface area contributed by atoms with Crippen molar-refractivity contribution in [1.29, 1.82) is 0 Å². The summed E-state index contributed by atoms with van der Waals surface area (Å²) in [5, 5.41) is 8.34. The average molecular weight is 478 g/mol. The molecule has 1 aromatic heterocycles. The van der Waals surface area contributed by atoms with Gasteiger partial charge in [-0.15, -0.1) is 0 Å². The fraction of sp³-hybridized carbons (Fsp3) is 0.556. The number of benzene rings is 1. The average Bonchev–Trinajstić information content (AvgIpc) is 3.44. The molecule has 0 radical (unpaired) electrons. The van der Waals surface area contributed by atoms with Crippen molar-refractivity contribution in [1.82, 2.24) is 15.1 Å². The van der Waals surface area contributed by atoms with Gasteiger partial charge in [0.2, 0.25) is 5.91 Å². The third kappa shape index (κ3) is 6.17. The van der Waals surface area contributed by atoms with Gasteiger partial charge in [-0.1, -0.05) is 25.5 Å². The number of nitrogens with two attached hydrogens (primary N) is 1. The molecule has 0 spiro atoms. The molecule has 8 nitrogen and oxygen atoms in total. The third-order valence-corrected chi connectivity index (χ3v) is 7.02. The number of amides is 1. The summed E-state index contributed by atoms with van der Waals surface area (Å²) in [6.45, 7) is 4.68. The predicted octanol–water partition coefficient (Wildman–Crippen LogP) is 4.29. The molecule has 1 aliphatic carbocycles. The molecule has 1 amide bonds.